The summed E-state index contributed by atoms with van der Waals surface area (Å²) in [6, 6.07) is 2.92. The molecule has 1 saturated heterocycles. The lowest BCUT2D eigenvalue weighted by molar-refractivity contribution is -0.304. The van der Waals surface area contributed by atoms with Crippen molar-refractivity contribution in [3.8, 4) is 11.5 Å². The van der Waals surface area contributed by atoms with Gasteiger partial charge in [-0.05, 0) is 32.9 Å². The summed E-state index contributed by atoms with van der Waals surface area (Å²) < 4.78 is 27.7. The fraction of sp³-hybridized carbons (Fsp3) is 0.500. The first-order chi connectivity index (χ1) is 14.5. The van der Waals surface area contributed by atoms with E-state index >= 15 is 0 Å². The van der Waals surface area contributed by atoms with Crippen LogP contribution in [0.3, 0.4) is 0 Å². The van der Waals surface area contributed by atoms with Crippen LogP contribution >= 0.6 is 0 Å². The Morgan fingerprint density at radius 2 is 1.97 bits per heavy atom. The van der Waals surface area contributed by atoms with E-state index in [4.69, 9.17) is 34.5 Å². The number of aliphatic hydroxyl groups excluding tert-OH is 2. The lowest BCUT2D eigenvalue weighted by atomic mass is 9.89. The zero-order valence-electron chi connectivity index (χ0n) is 17.4. The first kappa shape index (κ1) is 22.7. The van der Waals surface area contributed by atoms with Crippen LogP contribution in [0.25, 0.3) is 5.76 Å². The van der Waals surface area contributed by atoms with Crippen molar-refractivity contribution >= 4 is 17.8 Å². The smallest absolute Gasteiger partial charge is 0.404 e. The van der Waals surface area contributed by atoms with E-state index in [0.717, 1.165) is 0 Å². The molecule has 0 radical (unpaired) electrons. The fourth-order valence-corrected chi connectivity index (χ4v) is 3.78. The first-order valence-electron chi connectivity index (χ1n) is 9.41. The van der Waals surface area contributed by atoms with Crippen molar-refractivity contribution in [1.29, 1.82) is 0 Å². The first-order valence-corrected chi connectivity index (χ1v) is 9.41. The summed E-state index contributed by atoms with van der Waals surface area (Å²) in [6.07, 6.45) is -5.76. The minimum atomic E-state index is -1.44. The van der Waals surface area contributed by atoms with Gasteiger partial charge < -0.3 is 44.7 Å². The van der Waals surface area contributed by atoms with E-state index in [0.29, 0.717) is 5.56 Å². The maximum absolute atomic E-state index is 11.3. The Bertz CT molecular complexity index is 925. The van der Waals surface area contributed by atoms with Crippen LogP contribution in [0.1, 0.15) is 25.0 Å². The summed E-state index contributed by atoms with van der Waals surface area (Å²) in [7, 11) is 1.39. The molecule has 1 amide bonds. The minimum Gasteiger partial charge on any atom is -0.506 e. The largest absolute Gasteiger partial charge is 0.506 e. The summed E-state index contributed by atoms with van der Waals surface area (Å²) in [4.78, 5) is 22.6. The maximum Gasteiger partial charge on any atom is 0.404 e. The molecule has 2 heterocycles. The van der Waals surface area contributed by atoms with Crippen LogP contribution < -0.4 is 15.2 Å². The number of nitrogens with two attached hydrogens (primary N) is 1. The van der Waals surface area contributed by atoms with Gasteiger partial charge in [0.05, 0.1) is 11.2 Å². The molecule has 31 heavy (non-hydrogen) atoms. The molecule has 0 bridgehead atoms. The highest BCUT2D eigenvalue weighted by Gasteiger charge is 2.53. The molecule has 4 atom stereocenters. The molecular weight excluding hydrogens is 414 g/mol. The molecular formula is C20H25NO10. The molecule has 0 saturated carbocycles. The summed E-state index contributed by atoms with van der Waals surface area (Å²) in [5.74, 6) is -1.19. The number of benzene rings is 1. The van der Waals surface area contributed by atoms with E-state index in [1.165, 1.54) is 19.2 Å². The molecule has 0 aliphatic carbocycles. The summed E-state index contributed by atoms with van der Waals surface area (Å²) >= 11 is 0. The van der Waals surface area contributed by atoms with Gasteiger partial charge in [0.2, 0.25) is 6.29 Å². The second-order valence-corrected chi connectivity index (χ2v) is 7.74. The van der Waals surface area contributed by atoms with Gasteiger partial charge in [0.15, 0.2) is 12.2 Å². The Labute approximate surface area is 177 Å². The monoisotopic (exact) mass is 439 g/mol. The van der Waals surface area contributed by atoms with Gasteiger partial charge in [-0.25, -0.2) is 9.59 Å². The van der Waals surface area contributed by atoms with Crippen LogP contribution in [-0.4, -0.2) is 71.3 Å². The predicted octanol–water partition coefficient (Wildman–Crippen LogP) is 1.09. The second-order valence-electron chi connectivity index (χ2n) is 7.74. The standard InChI is InChI=1S/C20H25NO10/c1-8-11(6-5-9-12(22)10(17(24)25)7-28-14(8)9)29-18-13(23)15(30-19(21)26)16(27-4)20(2,3)31-18/h5-6,13,15-16,18,22-23H,7H2,1-4H3,(H2,21,26)(H,24,25)/t13-,15+,16-,18-/m1/s1. The number of hydrogen-bond donors (Lipinski definition) is 4. The van der Waals surface area contributed by atoms with Crippen LogP contribution in [-0.2, 0) is 19.0 Å². The molecule has 1 aromatic carbocycles. The van der Waals surface area contributed by atoms with Crippen molar-refractivity contribution in [3.63, 3.8) is 0 Å². The van der Waals surface area contributed by atoms with Crippen LogP contribution in [0.4, 0.5) is 4.79 Å². The van der Waals surface area contributed by atoms with Gasteiger partial charge in [0, 0.05) is 12.7 Å². The number of hydrogen-bond acceptors (Lipinski definition) is 9. The lowest BCUT2D eigenvalue weighted by Crippen LogP contribution is -2.65. The third-order valence-electron chi connectivity index (χ3n) is 5.28. The molecule has 170 valence electrons. The van der Waals surface area contributed by atoms with Crippen LogP contribution in [0, 0.1) is 6.92 Å². The molecule has 2 aliphatic heterocycles. The highest BCUT2D eigenvalue weighted by molar-refractivity contribution is 5.96. The Morgan fingerprint density at radius 3 is 2.55 bits per heavy atom. The summed E-state index contributed by atoms with van der Waals surface area (Å²) in [6.45, 7) is 4.68. The Kier molecular flexibility index (Phi) is 6.03. The van der Waals surface area contributed by atoms with Crippen molar-refractivity contribution in [2.24, 2.45) is 5.73 Å². The van der Waals surface area contributed by atoms with Crippen molar-refractivity contribution in [2.75, 3.05) is 13.7 Å². The molecule has 1 aromatic rings. The van der Waals surface area contributed by atoms with E-state index in [-0.39, 0.29) is 29.2 Å². The van der Waals surface area contributed by atoms with Crippen molar-refractivity contribution in [2.45, 2.75) is 51.0 Å². The number of methoxy groups -OCH3 is 1. The number of aliphatic carboxylic acids is 1. The molecule has 5 N–H and O–H groups in total. The number of carboxylic acid groups (broad SMARTS) is 1. The Balaban J connectivity index is 1.92. The topological polar surface area (TPSA) is 167 Å². The molecule has 11 heteroatoms. The van der Waals surface area contributed by atoms with Gasteiger partial charge in [-0.15, -0.1) is 0 Å². The number of amides is 1. The maximum atomic E-state index is 11.3. The highest BCUT2D eigenvalue weighted by Crippen LogP contribution is 2.40. The molecule has 3 rings (SSSR count). The van der Waals surface area contributed by atoms with Gasteiger partial charge in [0.1, 0.15) is 35.5 Å². The second kappa shape index (κ2) is 8.25. The molecule has 1 fully saturated rings. The number of carbonyl (C=O) groups excluding carboxylic acids is 1. The van der Waals surface area contributed by atoms with Gasteiger partial charge in [-0.3, -0.25) is 0 Å². The SMILES string of the molecule is CO[C@@H]1[C@@H](OC(N)=O)[C@@H](O)[C@H](Oc2ccc3c(c2C)OCC(C(=O)O)=C3O)OC1(C)C. The molecule has 0 spiro atoms. The van der Waals surface area contributed by atoms with E-state index < -0.39 is 48.0 Å². The van der Waals surface area contributed by atoms with E-state index in [9.17, 15) is 19.8 Å². The Hall–Kier alpha value is -3.02. The number of rotatable bonds is 5. The van der Waals surface area contributed by atoms with Crippen molar-refractivity contribution < 1.29 is 48.6 Å². The minimum absolute atomic E-state index is 0.202. The normalized spacial score (nSPS) is 27.1. The van der Waals surface area contributed by atoms with E-state index in [1.54, 1.807) is 20.8 Å². The number of aliphatic hydroxyl groups is 2. The number of carbonyl (C=O) groups is 2. The van der Waals surface area contributed by atoms with Gasteiger partial charge in [-0.1, -0.05) is 0 Å². The van der Waals surface area contributed by atoms with Crippen molar-refractivity contribution in [1.82, 2.24) is 0 Å². The number of primary amides is 1. The summed E-state index contributed by atoms with van der Waals surface area (Å²) in [5, 5.41) is 30.1. The van der Waals surface area contributed by atoms with Crippen LogP contribution in [0.15, 0.2) is 17.7 Å². The number of fused-ring (bicyclic) bond motifs is 1. The third kappa shape index (κ3) is 4.11. The van der Waals surface area contributed by atoms with Gasteiger partial charge in [0.25, 0.3) is 0 Å². The average molecular weight is 439 g/mol. The van der Waals surface area contributed by atoms with E-state index in [1.807, 2.05) is 0 Å². The average Bonchev–Trinajstić information content (AvgIpc) is 2.67. The zero-order chi connectivity index (χ0) is 23.1. The predicted molar refractivity (Wildman–Crippen MR) is 105 cm³/mol. The van der Waals surface area contributed by atoms with Crippen LogP contribution in [0.2, 0.25) is 0 Å². The molecule has 0 unspecified atom stereocenters. The fourth-order valence-electron chi connectivity index (χ4n) is 3.78. The Morgan fingerprint density at radius 1 is 1.29 bits per heavy atom. The zero-order valence-corrected chi connectivity index (χ0v) is 17.4. The molecule has 0 aromatic heterocycles. The number of ether oxygens (including phenoxy) is 5. The molecule has 2 aliphatic rings. The van der Waals surface area contributed by atoms with Gasteiger partial charge >= 0.3 is 12.1 Å². The summed E-state index contributed by atoms with van der Waals surface area (Å²) in [5.41, 5.74) is 4.51. The van der Waals surface area contributed by atoms with Crippen molar-refractivity contribution in [3.05, 3.63) is 28.8 Å². The van der Waals surface area contributed by atoms with Gasteiger partial charge in [-0.2, -0.15) is 0 Å². The molecule has 11 nitrogen and oxygen atoms in total. The quantitative estimate of drug-likeness (QED) is 0.521. The number of carboxylic acids is 1. The highest BCUT2D eigenvalue weighted by atomic mass is 16.7. The van der Waals surface area contributed by atoms with Crippen LogP contribution in [0.5, 0.6) is 11.5 Å². The third-order valence-corrected chi connectivity index (χ3v) is 5.28. The lowest BCUT2D eigenvalue weighted by Gasteiger charge is -2.47. The van der Waals surface area contributed by atoms with E-state index in [2.05, 4.69) is 0 Å².